The van der Waals surface area contributed by atoms with Crippen LogP contribution in [0.5, 0.6) is 0 Å². The molecule has 1 aromatic rings. The number of rotatable bonds is 4. The lowest BCUT2D eigenvalue weighted by atomic mass is 10.0. The van der Waals surface area contributed by atoms with Crippen LogP contribution >= 0.6 is 11.6 Å². The van der Waals surface area contributed by atoms with E-state index in [0.717, 1.165) is 12.1 Å². The minimum Gasteiger partial charge on any atom is -0.368 e. The normalized spacial score (nSPS) is 20.7. The van der Waals surface area contributed by atoms with Gasteiger partial charge in [0.15, 0.2) is 5.78 Å². The molecule has 0 amide bonds. The Bertz CT molecular complexity index is 430. The molecule has 2 rings (SSSR count). The number of ketones is 1. The fourth-order valence-electron chi connectivity index (χ4n) is 2.25. The first-order chi connectivity index (χ1) is 9.06. The lowest BCUT2D eigenvalue weighted by Crippen LogP contribution is -2.49. The lowest BCUT2D eigenvalue weighted by Gasteiger charge is -2.34. The molecule has 0 saturated carbocycles. The molecule has 4 heteroatoms. The first kappa shape index (κ1) is 14.5. The molecule has 0 aromatic heterocycles. The quantitative estimate of drug-likeness (QED) is 0.849. The summed E-state index contributed by atoms with van der Waals surface area (Å²) in [6, 6.07) is 7.86. The summed E-state index contributed by atoms with van der Waals surface area (Å²) in [5, 5.41) is 0.691. The van der Waals surface area contributed by atoms with Gasteiger partial charge in [-0.1, -0.05) is 23.7 Å². The molecule has 3 nitrogen and oxygen atoms in total. The van der Waals surface area contributed by atoms with Gasteiger partial charge in [0.25, 0.3) is 0 Å². The van der Waals surface area contributed by atoms with Crippen LogP contribution in [0.15, 0.2) is 24.3 Å². The van der Waals surface area contributed by atoms with Crippen LogP contribution in [0, 0.1) is 0 Å². The molecule has 1 aliphatic rings. The predicted molar refractivity (Wildman–Crippen MR) is 76.6 cm³/mol. The third-order valence-corrected chi connectivity index (χ3v) is 3.73. The molecule has 0 radical (unpaired) electrons. The summed E-state index contributed by atoms with van der Waals surface area (Å²) in [5.41, 5.74) is 0.986. The van der Waals surface area contributed by atoms with Crippen molar-refractivity contribution < 1.29 is 9.53 Å². The summed E-state index contributed by atoms with van der Waals surface area (Å²) in [6.07, 6.45) is 0.111. The van der Waals surface area contributed by atoms with E-state index in [0.29, 0.717) is 30.6 Å². The minimum atomic E-state index is -0.299. The Morgan fingerprint density at radius 1 is 1.42 bits per heavy atom. The van der Waals surface area contributed by atoms with Gasteiger partial charge in [-0.05, 0) is 31.5 Å². The molecular weight excluding hydrogens is 262 g/mol. The number of ether oxygens (including phenoxy) is 1. The third kappa shape index (κ3) is 4.03. The minimum absolute atomic E-state index is 0.146. The molecule has 0 bridgehead atoms. The maximum absolute atomic E-state index is 12.2. The van der Waals surface area contributed by atoms with E-state index < -0.39 is 0 Å². The summed E-state index contributed by atoms with van der Waals surface area (Å²) >= 11 is 5.83. The van der Waals surface area contributed by atoms with E-state index in [1.807, 2.05) is 24.3 Å². The number of nitrogens with zero attached hydrogens (tertiary/aromatic N) is 1. The second kappa shape index (κ2) is 6.51. The maximum Gasteiger partial charge on any atom is 0.167 e. The van der Waals surface area contributed by atoms with Crippen molar-refractivity contribution in [1.29, 1.82) is 0 Å². The Hall–Kier alpha value is -0.900. The van der Waals surface area contributed by atoms with E-state index >= 15 is 0 Å². The van der Waals surface area contributed by atoms with Crippen molar-refractivity contribution in [3.8, 4) is 0 Å². The number of halogens is 1. The number of hydrogen-bond donors (Lipinski definition) is 0. The molecule has 19 heavy (non-hydrogen) atoms. The monoisotopic (exact) mass is 281 g/mol. The van der Waals surface area contributed by atoms with E-state index in [-0.39, 0.29) is 11.9 Å². The number of carbonyl (C=O) groups is 1. The predicted octanol–water partition coefficient (Wildman–Crippen LogP) is 2.56. The topological polar surface area (TPSA) is 29.5 Å². The van der Waals surface area contributed by atoms with Crippen molar-refractivity contribution in [1.82, 2.24) is 4.90 Å². The van der Waals surface area contributed by atoms with E-state index in [9.17, 15) is 4.79 Å². The molecule has 0 N–H and O–H groups in total. The van der Waals surface area contributed by atoms with Gasteiger partial charge in [-0.15, -0.1) is 0 Å². The van der Waals surface area contributed by atoms with Crippen molar-refractivity contribution in [3.05, 3.63) is 34.9 Å². The third-order valence-electron chi connectivity index (χ3n) is 3.48. The highest BCUT2D eigenvalue weighted by Crippen LogP contribution is 2.14. The highest BCUT2D eigenvalue weighted by atomic mass is 35.5. The highest BCUT2D eigenvalue weighted by Gasteiger charge is 2.27. The zero-order chi connectivity index (χ0) is 13.8. The summed E-state index contributed by atoms with van der Waals surface area (Å²) < 4.78 is 5.60. The zero-order valence-corrected chi connectivity index (χ0v) is 12.2. The molecule has 1 aromatic carbocycles. The molecule has 1 aliphatic heterocycles. The van der Waals surface area contributed by atoms with Gasteiger partial charge in [0.1, 0.15) is 6.10 Å². The number of carbonyl (C=O) groups excluding carboxylic acids is 1. The van der Waals surface area contributed by atoms with Crippen LogP contribution < -0.4 is 0 Å². The number of Topliss-reactive ketones (excluding diaryl/α,β-unsaturated/α-hetero) is 1. The molecule has 1 fully saturated rings. The van der Waals surface area contributed by atoms with Gasteiger partial charge in [0.05, 0.1) is 6.61 Å². The highest BCUT2D eigenvalue weighted by molar-refractivity contribution is 6.30. The Kier molecular flexibility index (Phi) is 4.97. The molecule has 104 valence electrons. The van der Waals surface area contributed by atoms with Crippen LogP contribution in [0.4, 0.5) is 0 Å². The van der Waals surface area contributed by atoms with Crippen molar-refractivity contribution in [3.63, 3.8) is 0 Å². The Morgan fingerprint density at radius 3 is 2.74 bits per heavy atom. The van der Waals surface area contributed by atoms with E-state index in [1.54, 1.807) is 0 Å². The molecule has 1 heterocycles. The summed E-state index contributed by atoms with van der Waals surface area (Å²) in [6.45, 7) is 6.53. The first-order valence-electron chi connectivity index (χ1n) is 6.69. The summed E-state index contributed by atoms with van der Waals surface area (Å²) in [7, 11) is 0. The van der Waals surface area contributed by atoms with Gasteiger partial charge in [-0.25, -0.2) is 0 Å². The first-order valence-corrected chi connectivity index (χ1v) is 7.07. The van der Waals surface area contributed by atoms with E-state index in [4.69, 9.17) is 16.3 Å². The SMILES string of the molecule is CC(C)N1CCOC(C(=O)Cc2ccc(Cl)cc2)C1. The molecule has 0 spiro atoms. The molecule has 1 atom stereocenters. The van der Waals surface area contributed by atoms with Crippen molar-refractivity contribution in [2.75, 3.05) is 19.7 Å². The summed E-state index contributed by atoms with van der Waals surface area (Å²) in [4.78, 5) is 14.5. The molecule has 1 unspecified atom stereocenters. The average molecular weight is 282 g/mol. The number of benzene rings is 1. The Labute approximate surface area is 119 Å². The lowest BCUT2D eigenvalue weighted by molar-refractivity contribution is -0.136. The second-order valence-electron chi connectivity index (χ2n) is 5.22. The molecular formula is C15H20ClNO2. The van der Waals surface area contributed by atoms with Gasteiger partial charge in [0, 0.05) is 30.6 Å². The second-order valence-corrected chi connectivity index (χ2v) is 5.65. The van der Waals surface area contributed by atoms with Crippen molar-refractivity contribution in [2.24, 2.45) is 0 Å². The zero-order valence-electron chi connectivity index (χ0n) is 11.4. The van der Waals surface area contributed by atoms with Crippen LogP contribution in [0.1, 0.15) is 19.4 Å². The van der Waals surface area contributed by atoms with Crippen LogP contribution in [-0.4, -0.2) is 42.5 Å². The smallest absolute Gasteiger partial charge is 0.167 e. The standard InChI is InChI=1S/C15H20ClNO2/c1-11(2)17-7-8-19-15(10-17)14(18)9-12-3-5-13(16)6-4-12/h3-6,11,15H,7-10H2,1-2H3. The number of morpholine rings is 1. The van der Waals surface area contributed by atoms with Crippen molar-refractivity contribution in [2.45, 2.75) is 32.4 Å². The van der Waals surface area contributed by atoms with Gasteiger partial charge >= 0.3 is 0 Å². The fraction of sp³-hybridized carbons (Fsp3) is 0.533. The maximum atomic E-state index is 12.2. The summed E-state index contributed by atoms with van der Waals surface area (Å²) in [5.74, 6) is 0.146. The van der Waals surface area contributed by atoms with Gasteiger partial charge in [-0.3, -0.25) is 9.69 Å². The van der Waals surface area contributed by atoms with Crippen molar-refractivity contribution >= 4 is 17.4 Å². The van der Waals surface area contributed by atoms with E-state index in [1.165, 1.54) is 0 Å². The van der Waals surface area contributed by atoms with Gasteiger partial charge in [-0.2, -0.15) is 0 Å². The fourth-order valence-corrected chi connectivity index (χ4v) is 2.38. The van der Waals surface area contributed by atoms with Crippen LogP contribution in [0.2, 0.25) is 5.02 Å². The largest absolute Gasteiger partial charge is 0.368 e. The molecule has 1 saturated heterocycles. The van der Waals surface area contributed by atoms with E-state index in [2.05, 4.69) is 18.7 Å². The van der Waals surface area contributed by atoms with Crippen LogP contribution in [-0.2, 0) is 16.0 Å². The Morgan fingerprint density at radius 2 is 2.11 bits per heavy atom. The van der Waals surface area contributed by atoms with Gasteiger partial charge in [0.2, 0.25) is 0 Å². The van der Waals surface area contributed by atoms with Gasteiger partial charge < -0.3 is 4.74 Å². The van der Waals surface area contributed by atoms with Crippen LogP contribution in [0.3, 0.4) is 0 Å². The number of hydrogen-bond acceptors (Lipinski definition) is 3. The Balaban J connectivity index is 1.94. The van der Waals surface area contributed by atoms with Crippen LogP contribution in [0.25, 0.3) is 0 Å². The average Bonchev–Trinajstić information content (AvgIpc) is 2.41. The molecule has 0 aliphatic carbocycles.